The van der Waals surface area contributed by atoms with Crippen LogP contribution in [0.3, 0.4) is 0 Å². The number of carbonyl (C=O) groups excluding carboxylic acids is 2. The third-order valence-electron chi connectivity index (χ3n) is 4.81. The summed E-state index contributed by atoms with van der Waals surface area (Å²) in [6.07, 6.45) is 4.51. The van der Waals surface area contributed by atoms with Crippen LogP contribution in [0.4, 0.5) is 4.39 Å². The highest BCUT2D eigenvalue weighted by Gasteiger charge is 2.35. The van der Waals surface area contributed by atoms with Gasteiger partial charge >= 0.3 is 5.97 Å². The van der Waals surface area contributed by atoms with Gasteiger partial charge in [-0.1, -0.05) is 35.9 Å². The molecule has 0 fully saturated rings. The fraction of sp³-hybridized carbons (Fsp3) is 0.125. The molecule has 0 saturated heterocycles. The van der Waals surface area contributed by atoms with Crippen LogP contribution in [-0.4, -0.2) is 29.2 Å². The minimum absolute atomic E-state index is 0.414. The van der Waals surface area contributed by atoms with Crippen molar-refractivity contribution in [1.29, 1.82) is 0 Å². The maximum atomic E-state index is 13.2. The number of ether oxygens (including phenoxy) is 1. The summed E-state index contributed by atoms with van der Waals surface area (Å²) in [5, 5.41) is 6.32. The molecule has 1 aromatic heterocycles. The molecule has 0 saturated carbocycles. The van der Waals surface area contributed by atoms with Crippen LogP contribution in [0.15, 0.2) is 82.5 Å². The first-order valence-corrected chi connectivity index (χ1v) is 10.2. The van der Waals surface area contributed by atoms with Gasteiger partial charge in [0.2, 0.25) is 0 Å². The Kier molecular flexibility index (Phi) is 6.47. The maximum absolute atomic E-state index is 13.2. The summed E-state index contributed by atoms with van der Waals surface area (Å²) in [4.78, 5) is 24.8. The molecule has 0 bridgehead atoms. The summed E-state index contributed by atoms with van der Waals surface area (Å²) >= 11 is 5.96. The van der Waals surface area contributed by atoms with E-state index in [2.05, 4.69) is 5.10 Å². The van der Waals surface area contributed by atoms with Crippen LogP contribution >= 0.6 is 11.6 Å². The number of halogens is 2. The minimum Gasteiger partial charge on any atom is -0.467 e. The Morgan fingerprint density at radius 2 is 2.00 bits per heavy atom. The highest BCUT2D eigenvalue weighted by Crippen LogP contribution is 2.33. The van der Waals surface area contributed by atoms with E-state index in [1.165, 1.54) is 35.5 Å². The number of amides is 1. The number of nitrogens with zero attached hydrogens (tertiary/aromatic N) is 2. The van der Waals surface area contributed by atoms with Gasteiger partial charge in [0.1, 0.15) is 17.6 Å². The molecule has 1 amide bonds. The van der Waals surface area contributed by atoms with Crippen molar-refractivity contribution in [1.82, 2.24) is 5.01 Å². The van der Waals surface area contributed by atoms with Crippen molar-refractivity contribution in [2.75, 3.05) is 6.61 Å². The van der Waals surface area contributed by atoms with Crippen molar-refractivity contribution in [3.8, 4) is 0 Å². The van der Waals surface area contributed by atoms with Crippen molar-refractivity contribution in [2.45, 2.75) is 12.5 Å². The number of rotatable bonds is 6. The van der Waals surface area contributed by atoms with E-state index in [0.717, 1.165) is 11.6 Å². The molecule has 2 heterocycles. The minimum atomic E-state index is -0.724. The number of furan rings is 1. The zero-order chi connectivity index (χ0) is 22.5. The first kappa shape index (κ1) is 21.5. The van der Waals surface area contributed by atoms with Crippen LogP contribution in [-0.2, 0) is 14.3 Å². The Hall–Kier alpha value is -3.71. The molecule has 4 rings (SSSR count). The number of hydrazone groups is 1. The standard InChI is InChI=1S/C24H18ClFN2O4/c25-18-9-7-17(8-10-18)20-14-21(22-5-2-12-31-22)28(27-20)23(29)15-32-24(30)11-6-16-3-1-4-19(26)13-16/h1-13,21H,14-15H2/b11-6+. The molecule has 0 spiro atoms. The molecule has 162 valence electrons. The monoisotopic (exact) mass is 452 g/mol. The summed E-state index contributed by atoms with van der Waals surface area (Å²) < 4.78 is 23.8. The molecule has 2 aromatic carbocycles. The van der Waals surface area contributed by atoms with Gasteiger partial charge in [-0.15, -0.1) is 0 Å². The lowest BCUT2D eigenvalue weighted by Crippen LogP contribution is -2.31. The average molecular weight is 453 g/mol. The van der Waals surface area contributed by atoms with E-state index >= 15 is 0 Å². The zero-order valence-electron chi connectivity index (χ0n) is 16.8. The smallest absolute Gasteiger partial charge is 0.331 e. The lowest BCUT2D eigenvalue weighted by atomic mass is 10.0. The first-order valence-electron chi connectivity index (χ1n) is 9.79. The van der Waals surface area contributed by atoms with E-state index in [4.69, 9.17) is 20.8 Å². The van der Waals surface area contributed by atoms with Crippen molar-refractivity contribution in [2.24, 2.45) is 5.10 Å². The lowest BCUT2D eigenvalue weighted by molar-refractivity contribution is -0.149. The quantitative estimate of drug-likeness (QED) is 0.389. The van der Waals surface area contributed by atoms with Crippen molar-refractivity contribution < 1.29 is 23.1 Å². The van der Waals surface area contributed by atoms with Gasteiger partial charge in [0, 0.05) is 17.5 Å². The molecule has 1 unspecified atom stereocenters. The third-order valence-corrected chi connectivity index (χ3v) is 5.07. The van der Waals surface area contributed by atoms with Gasteiger partial charge in [-0.05, 0) is 53.6 Å². The van der Waals surface area contributed by atoms with Crippen LogP contribution in [0.25, 0.3) is 6.08 Å². The topological polar surface area (TPSA) is 72.1 Å². The van der Waals surface area contributed by atoms with E-state index in [0.29, 0.717) is 28.5 Å². The fourth-order valence-electron chi connectivity index (χ4n) is 3.28. The Morgan fingerprint density at radius 1 is 1.19 bits per heavy atom. The van der Waals surface area contributed by atoms with Crippen LogP contribution in [0, 0.1) is 5.82 Å². The molecule has 1 aliphatic rings. The molecule has 0 radical (unpaired) electrons. The molecular weight excluding hydrogens is 435 g/mol. The van der Waals surface area contributed by atoms with Crippen LogP contribution in [0.1, 0.15) is 29.3 Å². The molecule has 32 heavy (non-hydrogen) atoms. The van der Waals surface area contributed by atoms with Gasteiger partial charge in [0.25, 0.3) is 5.91 Å². The van der Waals surface area contributed by atoms with E-state index in [9.17, 15) is 14.0 Å². The molecule has 0 aliphatic carbocycles. The van der Waals surface area contributed by atoms with E-state index in [-0.39, 0.29) is 0 Å². The molecule has 1 aliphatic heterocycles. The van der Waals surface area contributed by atoms with E-state index in [1.807, 2.05) is 12.1 Å². The van der Waals surface area contributed by atoms with Gasteiger partial charge in [0.15, 0.2) is 6.61 Å². The summed E-state index contributed by atoms with van der Waals surface area (Å²) in [5.74, 6) is -1.06. The number of hydrogen-bond donors (Lipinski definition) is 0. The van der Waals surface area contributed by atoms with Gasteiger partial charge in [-0.2, -0.15) is 5.10 Å². The first-order chi connectivity index (χ1) is 15.5. The third kappa shape index (κ3) is 5.12. The van der Waals surface area contributed by atoms with Crippen LogP contribution in [0.5, 0.6) is 0 Å². The highest BCUT2D eigenvalue weighted by atomic mass is 35.5. The Morgan fingerprint density at radius 3 is 2.72 bits per heavy atom. The van der Waals surface area contributed by atoms with Crippen molar-refractivity contribution in [3.05, 3.63) is 101 Å². The molecule has 1 atom stereocenters. The van der Waals surface area contributed by atoms with Crippen LogP contribution < -0.4 is 0 Å². The van der Waals surface area contributed by atoms with Crippen molar-refractivity contribution in [3.63, 3.8) is 0 Å². The number of carbonyl (C=O) groups is 2. The Labute approximate surface area is 188 Å². The van der Waals surface area contributed by atoms with Crippen molar-refractivity contribution >= 4 is 35.3 Å². The zero-order valence-corrected chi connectivity index (χ0v) is 17.5. The van der Waals surface area contributed by atoms with E-state index in [1.54, 1.807) is 30.3 Å². The number of hydrogen-bond acceptors (Lipinski definition) is 5. The predicted octanol–water partition coefficient (Wildman–Crippen LogP) is 5.01. The van der Waals surface area contributed by atoms with Gasteiger partial charge < -0.3 is 9.15 Å². The molecule has 8 heteroatoms. The summed E-state index contributed by atoms with van der Waals surface area (Å²) in [7, 11) is 0. The highest BCUT2D eigenvalue weighted by molar-refractivity contribution is 6.30. The second-order valence-electron chi connectivity index (χ2n) is 7.02. The molecular formula is C24H18ClFN2O4. The number of benzene rings is 2. The summed E-state index contributed by atoms with van der Waals surface area (Å²) in [6, 6.07) is 15.9. The SMILES string of the molecule is O=C(/C=C/c1cccc(F)c1)OCC(=O)N1N=C(c2ccc(Cl)cc2)CC1c1ccco1. The number of esters is 1. The largest absolute Gasteiger partial charge is 0.467 e. The van der Waals surface area contributed by atoms with E-state index < -0.39 is 30.3 Å². The average Bonchev–Trinajstić information content (AvgIpc) is 3.46. The predicted molar refractivity (Wildman–Crippen MR) is 117 cm³/mol. The summed E-state index contributed by atoms with van der Waals surface area (Å²) in [6.45, 7) is -0.499. The lowest BCUT2D eigenvalue weighted by Gasteiger charge is -2.19. The Bertz CT molecular complexity index is 1170. The van der Waals surface area contributed by atoms with Gasteiger partial charge in [-0.3, -0.25) is 4.79 Å². The van der Waals surface area contributed by atoms with Gasteiger partial charge in [-0.25, -0.2) is 14.2 Å². The summed E-state index contributed by atoms with van der Waals surface area (Å²) in [5.41, 5.74) is 2.02. The van der Waals surface area contributed by atoms with Crippen LogP contribution in [0.2, 0.25) is 5.02 Å². The Balaban J connectivity index is 1.44. The molecule has 0 N–H and O–H groups in total. The van der Waals surface area contributed by atoms with Gasteiger partial charge in [0.05, 0.1) is 12.0 Å². The second kappa shape index (κ2) is 9.62. The molecule has 3 aromatic rings. The normalized spacial score (nSPS) is 15.8. The fourth-order valence-corrected chi connectivity index (χ4v) is 3.41. The molecule has 6 nitrogen and oxygen atoms in total. The second-order valence-corrected chi connectivity index (χ2v) is 7.46. The maximum Gasteiger partial charge on any atom is 0.331 e.